The van der Waals surface area contributed by atoms with E-state index in [1.54, 1.807) is 10.6 Å². The number of carbonyl (C=O) groups is 1. The van der Waals surface area contributed by atoms with E-state index in [-0.39, 0.29) is 22.2 Å². The lowest BCUT2D eigenvalue weighted by Crippen LogP contribution is -2.54. The van der Waals surface area contributed by atoms with Crippen LogP contribution in [0.25, 0.3) is 0 Å². The highest BCUT2D eigenvalue weighted by molar-refractivity contribution is 6.33. The average molecular weight is 387 g/mol. The Balaban J connectivity index is 1.63. The number of hydrogen-bond acceptors (Lipinski definition) is 6. The summed E-state index contributed by atoms with van der Waals surface area (Å²) in [7, 11) is 0. The highest BCUT2D eigenvalue weighted by atomic mass is 35.5. The predicted molar refractivity (Wildman–Crippen MR) is 100 cm³/mol. The number of nitrogens with zero attached hydrogens (tertiary/aromatic N) is 4. The minimum Gasteiger partial charge on any atom is -0.384 e. The van der Waals surface area contributed by atoms with Gasteiger partial charge in [0, 0.05) is 12.1 Å². The van der Waals surface area contributed by atoms with Crippen LogP contribution in [0.15, 0.2) is 29.3 Å². The molecule has 2 saturated carbocycles. The number of nitrogens with one attached hydrogen (secondary N) is 1. The second kappa shape index (κ2) is 5.45. The van der Waals surface area contributed by atoms with E-state index in [1.165, 1.54) is 36.3 Å². The fourth-order valence-corrected chi connectivity index (χ4v) is 4.76. The van der Waals surface area contributed by atoms with Gasteiger partial charge in [0.1, 0.15) is 29.3 Å². The highest BCUT2D eigenvalue weighted by Crippen LogP contribution is 2.60. The van der Waals surface area contributed by atoms with Crippen LogP contribution < -0.4 is 16.7 Å². The number of hydrazine groups is 1. The van der Waals surface area contributed by atoms with Crippen molar-refractivity contribution in [2.24, 2.45) is 5.41 Å². The first-order chi connectivity index (χ1) is 12.9. The summed E-state index contributed by atoms with van der Waals surface area (Å²) in [5, 5.41) is 1.80. The SMILES string of the molecule is Nc1cc(NN2C(=O)c3c(Cl)ccc(=O)n3C23CCC2(CC2)CC3)ncn1. The normalized spacial score (nSPS) is 21.5. The van der Waals surface area contributed by atoms with Gasteiger partial charge in [0.2, 0.25) is 0 Å². The van der Waals surface area contributed by atoms with Crippen molar-refractivity contribution in [3.8, 4) is 0 Å². The van der Waals surface area contributed by atoms with Crippen LogP contribution in [0.1, 0.15) is 49.0 Å². The lowest BCUT2D eigenvalue weighted by Gasteiger charge is -2.44. The first-order valence-electron chi connectivity index (χ1n) is 9.05. The molecule has 27 heavy (non-hydrogen) atoms. The molecular weight excluding hydrogens is 368 g/mol. The molecule has 2 fully saturated rings. The van der Waals surface area contributed by atoms with E-state index >= 15 is 0 Å². The topological polar surface area (TPSA) is 106 Å². The highest BCUT2D eigenvalue weighted by Gasteiger charge is 2.58. The number of halogens is 1. The molecule has 0 aromatic carbocycles. The van der Waals surface area contributed by atoms with Crippen molar-refractivity contribution in [3.63, 3.8) is 0 Å². The molecule has 0 radical (unpaired) electrons. The fourth-order valence-electron chi connectivity index (χ4n) is 4.53. The van der Waals surface area contributed by atoms with Gasteiger partial charge in [-0.25, -0.2) is 15.0 Å². The quantitative estimate of drug-likeness (QED) is 0.820. The number of nitrogens with two attached hydrogens (primary N) is 1. The first-order valence-corrected chi connectivity index (χ1v) is 9.43. The van der Waals surface area contributed by atoms with Gasteiger partial charge in [0.25, 0.3) is 11.5 Å². The smallest absolute Gasteiger partial charge is 0.292 e. The van der Waals surface area contributed by atoms with Gasteiger partial charge in [0.05, 0.1) is 5.02 Å². The maximum Gasteiger partial charge on any atom is 0.292 e. The van der Waals surface area contributed by atoms with Crippen LogP contribution in [0.4, 0.5) is 11.6 Å². The molecule has 2 aromatic heterocycles. The van der Waals surface area contributed by atoms with E-state index in [1.807, 2.05) is 0 Å². The number of carbonyl (C=O) groups excluding carboxylic acids is 1. The fraction of sp³-hybridized carbons (Fsp3) is 0.444. The maximum atomic E-state index is 13.3. The van der Waals surface area contributed by atoms with Crippen molar-refractivity contribution >= 4 is 29.1 Å². The molecule has 8 nitrogen and oxygen atoms in total. The zero-order valence-electron chi connectivity index (χ0n) is 14.6. The van der Waals surface area contributed by atoms with E-state index < -0.39 is 5.66 Å². The molecule has 3 aliphatic rings. The summed E-state index contributed by atoms with van der Waals surface area (Å²) in [6.45, 7) is 0. The van der Waals surface area contributed by atoms with Crippen LogP contribution in [0.3, 0.4) is 0 Å². The summed E-state index contributed by atoms with van der Waals surface area (Å²) in [5.41, 5.74) is 8.43. The molecule has 0 atom stereocenters. The van der Waals surface area contributed by atoms with Crippen LogP contribution in [0.5, 0.6) is 0 Å². The Morgan fingerprint density at radius 1 is 1.07 bits per heavy atom. The summed E-state index contributed by atoms with van der Waals surface area (Å²) in [6, 6.07) is 4.47. The Bertz CT molecular complexity index is 1010. The summed E-state index contributed by atoms with van der Waals surface area (Å²) in [5.74, 6) is 0.363. The van der Waals surface area contributed by atoms with Gasteiger partial charge in [-0.15, -0.1) is 0 Å². The van der Waals surface area contributed by atoms with Crippen LogP contribution in [0, 0.1) is 5.41 Å². The maximum absolute atomic E-state index is 13.3. The van der Waals surface area contributed by atoms with E-state index in [9.17, 15) is 9.59 Å². The molecule has 2 aromatic rings. The molecule has 0 bridgehead atoms. The lowest BCUT2D eigenvalue weighted by molar-refractivity contribution is 0.0121. The van der Waals surface area contributed by atoms with Crippen LogP contribution in [-0.4, -0.2) is 25.5 Å². The Kier molecular flexibility index (Phi) is 3.34. The van der Waals surface area contributed by atoms with E-state index in [2.05, 4.69) is 15.4 Å². The number of aromatic nitrogens is 3. The van der Waals surface area contributed by atoms with Gasteiger partial charge in [-0.3, -0.25) is 19.6 Å². The first kappa shape index (κ1) is 16.6. The summed E-state index contributed by atoms with van der Waals surface area (Å²) in [4.78, 5) is 34.0. The molecule has 9 heteroatoms. The second-order valence-corrected chi connectivity index (χ2v) is 8.17. The molecule has 1 aliphatic heterocycles. The molecule has 5 rings (SSSR count). The molecule has 1 amide bonds. The summed E-state index contributed by atoms with van der Waals surface area (Å²) >= 11 is 6.32. The van der Waals surface area contributed by atoms with Gasteiger partial charge < -0.3 is 5.73 Å². The third-order valence-electron chi connectivity index (χ3n) is 6.26. The van der Waals surface area contributed by atoms with E-state index in [4.69, 9.17) is 17.3 Å². The lowest BCUT2D eigenvalue weighted by atomic mass is 9.79. The Morgan fingerprint density at radius 3 is 2.44 bits per heavy atom. The summed E-state index contributed by atoms with van der Waals surface area (Å²) < 4.78 is 1.57. The van der Waals surface area contributed by atoms with Crippen LogP contribution in [-0.2, 0) is 5.66 Å². The third-order valence-corrected chi connectivity index (χ3v) is 6.57. The van der Waals surface area contributed by atoms with Crippen molar-refractivity contribution < 1.29 is 4.79 Å². The van der Waals surface area contributed by atoms with Gasteiger partial charge in [0.15, 0.2) is 0 Å². The van der Waals surface area contributed by atoms with Crippen LogP contribution in [0.2, 0.25) is 5.02 Å². The van der Waals surface area contributed by atoms with Gasteiger partial charge >= 0.3 is 0 Å². The number of hydrogen-bond donors (Lipinski definition) is 2. The van der Waals surface area contributed by atoms with Crippen molar-refractivity contribution in [2.45, 2.75) is 44.2 Å². The Morgan fingerprint density at radius 2 is 1.78 bits per heavy atom. The molecule has 3 N–H and O–H groups in total. The minimum atomic E-state index is -0.790. The van der Waals surface area contributed by atoms with Gasteiger partial charge in [-0.1, -0.05) is 11.6 Å². The molecule has 0 unspecified atom stereocenters. The third kappa shape index (κ3) is 2.36. The van der Waals surface area contributed by atoms with Crippen molar-refractivity contribution in [3.05, 3.63) is 45.6 Å². The van der Waals surface area contributed by atoms with Gasteiger partial charge in [-0.2, -0.15) is 0 Å². The monoisotopic (exact) mass is 386 g/mol. The van der Waals surface area contributed by atoms with Crippen molar-refractivity contribution in [1.82, 2.24) is 19.5 Å². The number of amides is 1. The Hall–Kier alpha value is -2.61. The standard InChI is InChI=1S/C18H19ClN6O2/c19-11-1-2-14(26)24-15(11)16(27)25(23-13-9-12(20)21-10-22-13)18(24)7-5-17(3-4-17)6-8-18/h1-2,9-10H,3-8H2,(H3,20,21,22,23). The number of pyridine rings is 1. The number of anilines is 2. The number of nitrogen functional groups attached to an aromatic ring is 1. The summed E-state index contributed by atoms with van der Waals surface area (Å²) in [6.07, 6.45) is 7.12. The zero-order valence-corrected chi connectivity index (χ0v) is 15.4. The Labute approximate surface area is 160 Å². The number of fused-ring (bicyclic) bond motifs is 2. The molecule has 0 saturated heterocycles. The van der Waals surface area contributed by atoms with Crippen molar-refractivity contribution in [2.75, 3.05) is 11.2 Å². The van der Waals surface area contributed by atoms with E-state index in [0.29, 0.717) is 29.9 Å². The van der Waals surface area contributed by atoms with Gasteiger partial charge in [-0.05, 0) is 50.0 Å². The average Bonchev–Trinajstić information content (AvgIpc) is 3.37. The molecule has 2 aliphatic carbocycles. The van der Waals surface area contributed by atoms with Crippen LogP contribution >= 0.6 is 11.6 Å². The largest absolute Gasteiger partial charge is 0.384 e. The zero-order chi connectivity index (χ0) is 18.8. The predicted octanol–water partition coefficient (Wildman–Crippen LogP) is 2.36. The second-order valence-electron chi connectivity index (χ2n) is 7.77. The van der Waals surface area contributed by atoms with Crippen molar-refractivity contribution in [1.29, 1.82) is 0 Å². The molecule has 2 spiro atoms. The van der Waals surface area contributed by atoms with E-state index in [0.717, 1.165) is 12.8 Å². The molecule has 3 heterocycles. The molecule has 140 valence electrons. The molecular formula is C18H19ClN6O2. The number of rotatable bonds is 2. The minimum absolute atomic E-state index is 0.221.